The van der Waals surface area contributed by atoms with E-state index >= 15 is 0 Å². The molecular weight excluding hydrogens is 288 g/mol. The van der Waals surface area contributed by atoms with Crippen molar-refractivity contribution in [1.29, 1.82) is 0 Å². The van der Waals surface area contributed by atoms with Crippen molar-refractivity contribution in [3.63, 3.8) is 0 Å². The average Bonchev–Trinajstić information content (AvgIpc) is 2.73. The lowest BCUT2D eigenvalue weighted by atomic mass is 10.1. The van der Waals surface area contributed by atoms with Crippen LogP contribution in [0.1, 0.15) is 17.3 Å². The second kappa shape index (κ2) is 5.97. The number of rotatable bonds is 5. The number of aromatic nitrogens is 1. The van der Waals surface area contributed by atoms with Gasteiger partial charge in [0.25, 0.3) is 5.91 Å². The van der Waals surface area contributed by atoms with Crippen molar-refractivity contribution < 1.29 is 9.90 Å². The Bertz CT molecular complexity index is 651. The molecule has 0 saturated carbocycles. The zero-order valence-corrected chi connectivity index (χ0v) is 13.2. The lowest BCUT2D eigenvalue weighted by Gasteiger charge is -2.27. The molecule has 0 bridgehead atoms. The number of anilines is 1. The van der Waals surface area contributed by atoms with Gasteiger partial charge in [-0.2, -0.15) is 0 Å². The van der Waals surface area contributed by atoms with Crippen molar-refractivity contribution in [3.8, 4) is 0 Å². The van der Waals surface area contributed by atoms with Gasteiger partial charge in [-0.1, -0.05) is 11.3 Å². The van der Waals surface area contributed by atoms with Crippen LogP contribution in [0.3, 0.4) is 0 Å². The molecule has 7 heteroatoms. The molecule has 0 aliphatic rings. The molecule has 1 aromatic heterocycles. The SMILES string of the molecule is CN(C)CC(C)(O)CNC(=O)c1ccc2nc(N)sc2c1. The van der Waals surface area contributed by atoms with E-state index in [1.54, 1.807) is 25.1 Å². The highest BCUT2D eigenvalue weighted by Gasteiger charge is 2.22. The molecule has 21 heavy (non-hydrogen) atoms. The summed E-state index contributed by atoms with van der Waals surface area (Å²) in [4.78, 5) is 18.2. The number of carbonyl (C=O) groups is 1. The topological polar surface area (TPSA) is 91.5 Å². The number of amides is 1. The van der Waals surface area contributed by atoms with E-state index in [9.17, 15) is 9.90 Å². The van der Waals surface area contributed by atoms with Crippen LogP contribution in [0.25, 0.3) is 10.2 Å². The van der Waals surface area contributed by atoms with E-state index in [1.807, 2.05) is 19.0 Å². The Morgan fingerprint density at radius 2 is 2.24 bits per heavy atom. The molecule has 0 fully saturated rings. The van der Waals surface area contributed by atoms with Gasteiger partial charge in [0, 0.05) is 18.7 Å². The van der Waals surface area contributed by atoms with Gasteiger partial charge in [-0.3, -0.25) is 4.79 Å². The van der Waals surface area contributed by atoms with Crippen LogP contribution >= 0.6 is 11.3 Å². The fraction of sp³-hybridized carbons (Fsp3) is 0.429. The minimum atomic E-state index is -0.974. The van der Waals surface area contributed by atoms with Gasteiger partial charge in [0.05, 0.1) is 15.8 Å². The molecular formula is C14H20N4O2S. The standard InChI is InChI=1S/C14H20N4O2S/c1-14(20,8-18(2)3)7-16-12(19)9-4-5-10-11(6-9)21-13(15)17-10/h4-6,20H,7-8H2,1-3H3,(H2,15,17)(H,16,19). The van der Waals surface area contributed by atoms with Crippen LogP contribution in [0.15, 0.2) is 18.2 Å². The van der Waals surface area contributed by atoms with Gasteiger partial charge >= 0.3 is 0 Å². The lowest BCUT2D eigenvalue weighted by molar-refractivity contribution is 0.0326. The Balaban J connectivity index is 2.05. The zero-order valence-electron chi connectivity index (χ0n) is 12.4. The molecule has 2 aromatic rings. The van der Waals surface area contributed by atoms with Crippen molar-refractivity contribution in [2.45, 2.75) is 12.5 Å². The average molecular weight is 308 g/mol. The summed E-state index contributed by atoms with van der Waals surface area (Å²) in [5, 5.41) is 13.4. The number of aliphatic hydroxyl groups is 1. The van der Waals surface area contributed by atoms with Crippen molar-refractivity contribution in [2.24, 2.45) is 0 Å². The molecule has 1 heterocycles. The highest BCUT2D eigenvalue weighted by Crippen LogP contribution is 2.24. The van der Waals surface area contributed by atoms with Crippen LogP contribution < -0.4 is 11.1 Å². The van der Waals surface area contributed by atoms with Gasteiger partial charge in [-0.05, 0) is 39.2 Å². The van der Waals surface area contributed by atoms with Gasteiger partial charge in [-0.25, -0.2) is 4.98 Å². The molecule has 0 radical (unpaired) electrons. The predicted molar refractivity (Wildman–Crippen MR) is 85.5 cm³/mol. The number of thiazole rings is 1. The maximum atomic E-state index is 12.1. The number of nitrogen functional groups attached to an aromatic ring is 1. The number of benzene rings is 1. The number of fused-ring (bicyclic) bond motifs is 1. The molecule has 4 N–H and O–H groups in total. The molecule has 1 aromatic carbocycles. The number of nitrogens with zero attached hydrogens (tertiary/aromatic N) is 2. The van der Waals surface area contributed by atoms with Crippen LogP contribution in [-0.4, -0.2) is 53.7 Å². The maximum Gasteiger partial charge on any atom is 0.251 e. The van der Waals surface area contributed by atoms with E-state index in [0.717, 1.165) is 10.2 Å². The third-order valence-electron chi connectivity index (χ3n) is 2.95. The second-order valence-corrected chi connectivity index (χ2v) is 6.71. The minimum absolute atomic E-state index is 0.187. The largest absolute Gasteiger partial charge is 0.387 e. The minimum Gasteiger partial charge on any atom is -0.387 e. The third-order valence-corrected chi connectivity index (χ3v) is 3.80. The fourth-order valence-electron chi connectivity index (χ4n) is 2.19. The van der Waals surface area contributed by atoms with Gasteiger partial charge in [0.1, 0.15) is 0 Å². The molecule has 1 unspecified atom stereocenters. The van der Waals surface area contributed by atoms with Crippen molar-refractivity contribution in [3.05, 3.63) is 23.8 Å². The Morgan fingerprint density at radius 1 is 1.52 bits per heavy atom. The Hall–Kier alpha value is -1.70. The van der Waals surface area contributed by atoms with Crippen LogP contribution in [0.4, 0.5) is 5.13 Å². The number of carbonyl (C=O) groups excluding carboxylic acids is 1. The van der Waals surface area contributed by atoms with Crippen LogP contribution in [0, 0.1) is 0 Å². The number of nitrogens with one attached hydrogen (secondary N) is 1. The van der Waals surface area contributed by atoms with Crippen LogP contribution in [0.5, 0.6) is 0 Å². The van der Waals surface area contributed by atoms with E-state index in [0.29, 0.717) is 17.2 Å². The van der Waals surface area contributed by atoms with Crippen molar-refractivity contribution >= 4 is 32.6 Å². The van der Waals surface area contributed by atoms with E-state index in [-0.39, 0.29) is 12.5 Å². The van der Waals surface area contributed by atoms with Crippen molar-refractivity contribution in [2.75, 3.05) is 32.9 Å². The van der Waals surface area contributed by atoms with E-state index in [1.165, 1.54) is 11.3 Å². The molecule has 1 amide bonds. The van der Waals surface area contributed by atoms with Crippen LogP contribution in [0.2, 0.25) is 0 Å². The molecule has 0 aliphatic heterocycles. The Kier molecular flexibility index (Phi) is 4.46. The number of nitrogens with two attached hydrogens (primary N) is 1. The molecule has 0 saturated heterocycles. The molecule has 0 aliphatic carbocycles. The van der Waals surface area contributed by atoms with E-state index in [2.05, 4.69) is 10.3 Å². The Morgan fingerprint density at radius 3 is 2.90 bits per heavy atom. The molecule has 2 rings (SSSR count). The first-order valence-corrected chi connectivity index (χ1v) is 7.40. The first-order valence-electron chi connectivity index (χ1n) is 6.58. The van der Waals surface area contributed by atoms with Gasteiger partial charge in [0.2, 0.25) is 0 Å². The maximum absolute atomic E-state index is 12.1. The smallest absolute Gasteiger partial charge is 0.251 e. The van der Waals surface area contributed by atoms with E-state index < -0.39 is 5.60 Å². The van der Waals surface area contributed by atoms with Crippen molar-refractivity contribution in [1.82, 2.24) is 15.2 Å². The second-order valence-electron chi connectivity index (χ2n) is 5.65. The highest BCUT2D eigenvalue weighted by molar-refractivity contribution is 7.22. The first-order chi connectivity index (χ1) is 9.77. The normalized spacial score (nSPS) is 14.3. The molecule has 1 atom stereocenters. The predicted octanol–water partition coefficient (Wildman–Crippen LogP) is 0.921. The van der Waals surface area contributed by atoms with E-state index in [4.69, 9.17) is 5.73 Å². The fourth-order valence-corrected chi connectivity index (χ4v) is 2.97. The summed E-state index contributed by atoms with van der Waals surface area (Å²) in [6.45, 7) is 2.35. The summed E-state index contributed by atoms with van der Waals surface area (Å²) in [5.41, 5.74) is 5.99. The molecule has 0 spiro atoms. The summed E-state index contributed by atoms with van der Waals surface area (Å²) in [7, 11) is 3.75. The third kappa shape index (κ3) is 4.13. The monoisotopic (exact) mass is 308 g/mol. The van der Waals surface area contributed by atoms with Gasteiger partial charge in [-0.15, -0.1) is 0 Å². The number of hydrogen-bond donors (Lipinski definition) is 3. The quantitative estimate of drug-likeness (QED) is 0.764. The van der Waals surface area contributed by atoms with Gasteiger partial charge in [0.15, 0.2) is 5.13 Å². The summed E-state index contributed by atoms with van der Waals surface area (Å²) in [6, 6.07) is 5.24. The number of likely N-dealkylation sites (N-methyl/N-ethyl adjacent to an activating group) is 1. The zero-order chi connectivity index (χ0) is 15.6. The summed E-state index contributed by atoms with van der Waals surface area (Å²) < 4.78 is 0.875. The number of hydrogen-bond acceptors (Lipinski definition) is 6. The molecule has 6 nitrogen and oxygen atoms in total. The van der Waals surface area contributed by atoms with Crippen LogP contribution in [-0.2, 0) is 0 Å². The van der Waals surface area contributed by atoms with Gasteiger partial charge < -0.3 is 21.1 Å². The first kappa shape index (κ1) is 15.7. The highest BCUT2D eigenvalue weighted by atomic mass is 32.1. The summed E-state index contributed by atoms with van der Waals surface area (Å²) in [6.07, 6.45) is 0. The lowest BCUT2D eigenvalue weighted by Crippen LogP contribution is -2.47. The summed E-state index contributed by atoms with van der Waals surface area (Å²) >= 11 is 1.35. The Labute approximate surface area is 127 Å². The molecule has 114 valence electrons. The summed E-state index contributed by atoms with van der Waals surface area (Å²) in [5.74, 6) is -0.220.